The molecule has 1 N–H and O–H groups in total. The predicted octanol–water partition coefficient (Wildman–Crippen LogP) is 4.92. The fraction of sp³-hybridized carbons (Fsp3) is 0.778. The summed E-state index contributed by atoms with van der Waals surface area (Å²) in [5.74, 6) is 2.02. The third kappa shape index (κ3) is 1.91. The summed E-state index contributed by atoms with van der Waals surface area (Å²) in [4.78, 5) is 1.45. The predicted molar refractivity (Wildman–Crippen MR) is 86.1 cm³/mol. The molecule has 3 atom stereocenters. The van der Waals surface area contributed by atoms with Crippen molar-refractivity contribution in [2.75, 3.05) is 7.05 Å². The van der Waals surface area contributed by atoms with Gasteiger partial charge in [0.15, 0.2) is 0 Å². The third-order valence-electron chi connectivity index (χ3n) is 6.38. The maximum Gasteiger partial charge on any atom is 0.0383 e. The first kappa shape index (κ1) is 13.3. The number of thiophene rings is 1. The normalized spacial score (nSPS) is 44.0. The van der Waals surface area contributed by atoms with Crippen LogP contribution >= 0.6 is 11.3 Å². The van der Waals surface area contributed by atoms with Gasteiger partial charge in [-0.05, 0) is 92.2 Å². The van der Waals surface area contributed by atoms with Gasteiger partial charge in [0.05, 0.1) is 0 Å². The number of nitrogens with one attached hydrogen (secondary N) is 1. The van der Waals surface area contributed by atoms with E-state index in [4.69, 9.17) is 0 Å². The van der Waals surface area contributed by atoms with Crippen LogP contribution in [0, 0.1) is 29.6 Å². The number of aryl methyl sites for hydroxylation is 1. The summed E-state index contributed by atoms with van der Waals surface area (Å²) in [7, 11) is 2.18. The Labute approximate surface area is 127 Å². The van der Waals surface area contributed by atoms with E-state index < -0.39 is 0 Å². The van der Waals surface area contributed by atoms with Gasteiger partial charge in [0.2, 0.25) is 0 Å². The van der Waals surface area contributed by atoms with Crippen molar-refractivity contribution in [2.24, 2.45) is 22.7 Å². The number of hydrogen-bond acceptors (Lipinski definition) is 2. The van der Waals surface area contributed by atoms with Crippen LogP contribution in [0.2, 0.25) is 0 Å². The van der Waals surface area contributed by atoms with E-state index in [0.29, 0.717) is 16.9 Å². The van der Waals surface area contributed by atoms with E-state index in [1.165, 1.54) is 43.4 Å². The van der Waals surface area contributed by atoms with Crippen molar-refractivity contribution in [3.05, 3.63) is 21.9 Å². The van der Waals surface area contributed by atoms with Gasteiger partial charge in [-0.15, -0.1) is 11.3 Å². The highest BCUT2D eigenvalue weighted by Crippen LogP contribution is 2.68. The molecule has 0 aliphatic heterocycles. The Morgan fingerprint density at radius 2 is 1.95 bits per heavy atom. The number of rotatable bonds is 3. The van der Waals surface area contributed by atoms with Crippen molar-refractivity contribution in [2.45, 2.75) is 58.4 Å². The molecule has 0 radical (unpaired) electrons. The van der Waals surface area contributed by atoms with Gasteiger partial charge in [0, 0.05) is 10.9 Å². The van der Waals surface area contributed by atoms with Crippen LogP contribution in [0.25, 0.3) is 0 Å². The highest BCUT2D eigenvalue weighted by Gasteiger charge is 2.58. The molecule has 4 bridgehead atoms. The molecular weight excluding hydrogens is 262 g/mol. The molecule has 5 rings (SSSR count). The summed E-state index contributed by atoms with van der Waals surface area (Å²) >= 11 is 1.91. The molecule has 110 valence electrons. The summed E-state index contributed by atoms with van der Waals surface area (Å²) in [5, 5.41) is 6.11. The lowest BCUT2D eigenvalue weighted by Crippen LogP contribution is -2.54. The van der Waals surface area contributed by atoms with Gasteiger partial charge in [-0.25, -0.2) is 0 Å². The molecule has 4 aliphatic carbocycles. The van der Waals surface area contributed by atoms with E-state index >= 15 is 0 Å². The SMILES string of the molecule is CNC(c1csc(C)c1)C12CC3CC(CC(C)(C3)C1)C2. The third-order valence-corrected chi connectivity index (χ3v) is 7.26. The second kappa shape index (κ2) is 4.33. The lowest BCUT2D eigenvalue weighted by molar-refractivity contribution is -0.118. The van der Waals surface area contributed by atoms with Crippen LogP contribution in [0.3, 0.4) is 0 Å². The van der Waals surface area contributed by atoms with Gasteiger partial charge in [-0.3, -0.25) is 0 Å². The molecule has 0 amide bonds. The van der Waals surface area contributed by atoms with Gasteiger partial charge < -0.3 is 5.32 Å². The summed E-state index contributed by atoms with van der Waals surface area (Å²) in [6.45, 7) is 4.81. The zero-order valence-electron chi connectivity index (χ0n) is 13.0. The molecule has 1 heterocycles. The topological polar surface area (TPSA) is 12.0 Å². The first-order chi connectivity index (χ1) is 9.52. The molecule has 0 saturated heterocycles. The van der Waals surface area contributed by atoms with Crippen LogP contribution in [-0.4, -0.2) is 7.05 Å². The zero-order valence-corrected chi connectivity index (χ0v) is 13.9. The molecule has 3 unspecified atom stereocenters. The van der Waals surface area contributed by atoms with E-state index in [1.54, 1.807) is 5.56 Å². The van der Waals surface area contributed by atoms with Crippen LogP contribution in [0.1, 0.15) is 61.9 Å². The Balaban J connectivity index is 1.72. The average Bonchev–Trinajstić information content (AvgIpc) is 2.72. The van der Waals surface area contributed by atoms with Crippen molar-refractivity contribution >= 4 is 11.3 Å². The highest BCUT2D eigenvalue weighted by molar-refractivity contribution is 7.10. The lowest BCUT2D eigenvalue weighted by Gasteiger charge is -2.63. The molecule has 4 saturated carbocycles. The Kier molecular flexibility index (Phi) is 2.89. The largest absolute Gasteiger partial charge is 0.313 e. The molecule has 4 aliphatic rings. The van der Waals surface area contributed by atoms with E-state index in [9.17, 15) is 0 Å². The summed E-state index contributed by atoms with van der Waals surface area (Å²) in [5.41, 5.74) is 2.74. The molecule has 1 aromatic rings. The minimum absolute atomic E-state index is 0.543. The van der Waals surface area contributed by atoms with Gasteiger partial charge >= 0.3 is 0 Å². The maximum absolute atomic E-state index is 3.71. The van der Waals surface area contributed by atoms with Crippen molar-refractivity contribution in [1.29, 1.82) is 0 Å². The molecule has 2 heteroatoms. The monoisotopic (exact) mass is 289 g/mol. The Morgan fingerprint density at radius 3 is 2.45 bits per heavy atom. The molecule has 0 spiro atoms. The summed E-state index contributed by atoms with van der Waals surface area (Å²) in [6, 6.07) is 3.00. The first-order valence-electron chi connectivity index (χ1n) is 8.24. The Hall–Kier alpha value is -0.340. The average molecular weight is 289 g/mol. The van der Waals surface area contributed by atoms with E-state index in [-0.39, 0.29) is 0 Å². The molecule has 4 fully saturated rings. The van der Waals surface area contributed by atoms with Gasteiger partial charge in [0.1, 0.15) is 0 Å². The second-order valence-corrected chi connectivity index (χ2v) is 9.46. The highest BCUT2D eigenvalue weighted by atomic mass is 32.1. The van der Waals surface area contributed by atoms with Crippen molar-refractivity contribution in [3.63, 3.8) is 0 Å². The number of hydrogen-bond donors (Lipinski definition) is 1. The van der Waals surface area contributed by atoms with E-state index in [1.807, 2.05) is 11.3 Å². The second-order valence-electron chi connectivity index (χ2n) is 8.35. The standard InChI is InChI=1S/C18H27NS/c1-12-4-15(10-20-12)16(19-3)18-8-13-5-14(9-18)7-17(2,6-13)11-18/h4,10,13-14,16,19H,5-9,11H2,1-3H3. The molecular formula is C18H27NS. The van der Waals surface area contributed by atoms with Crippen LogP contribution < -0.4 is 5.32 Å². The minimum Gasteiger partial charge on any atom is -0.313 e. The fourth-order valence-corrected chi connectivity index (χ4v) is 7.31. The molecule has 1 aromatic heterocycles. The van der Waals surface area contributed by atoms with Crippen molar-refractivity contribution in [1.82, 2.24) is 5.32 Å². The van der Waals surface area contributed by atoms with Gasteiger partial charge in [-0.2, -0.15) is 0 Å². The Bertz CT molecular complexity index is 503. The van der Waals surface area contributed by atoms with Crippen LogP contribution in [0.15, 0.2) is 11.4 Å². The summed E-state index contributed by atoms with van der Waals surface area (Å²) < 4.78 is 0. The van der Waals surface area contributed by atoms with E-state index in [0.717, 1.165) is 11.8 Å². The quantitative estimate of drug-likeness (QED) is 0.832. The van der Waals surface area contributed by atoms with Gasteiger partial charge in [-0.1, -0.05) is 6.92 Å². The smallest absolute Gasteiger partial charge is 0.0383 e. The molecule has 1 nitrogen and oxygen atoms in total. The van der Waals surface area contributed by atoms with E-state index in [2.05, 4.69) is 37.7 Å². The van der Waals surface area contributed by atoms with Crippen molar-refractivity contribution in [3.8, 4) is 0 Å². The lowest BCUT2D eigenvalue weighted by atomic mass is 9.43. The molecule has 0 aromatic carbocycles. The van der Waals surface area contributed by atoms with Crippen LogP contribution in [-0.2, 0) is 0 Å². The maximum atomic E-state index is 3.71. The fourth-order valence-electron chi connectivity index (χ4n) is 6.58. The minimum atomic E-state index is 0.543. The first-order valence-corrected chi connectivity index (χ1v) is 9.12. The zero-order chi connectivity index (χ0) is 14.0. The van der Waals surface area contributed by atoms with Crippen molar-refractivity contribution < 1.29 is 0 Å². The summed E-state index contributed by atoms with van der Waals surface area (Å²) in [6.07, 6.45) is 8.93. The molecule has 20 heavy (non-hydrogen) atoms. The van der Waals surface area contributed by atoms with Crippen LogP contribution in [0.5, 0.6) is 0 Å². The van der Waals surface area contributed by atoms with Gasteiger partial charge in [0.25, 0.3) is 0 Å². The van der Waals surface area contributed by atoms with Crippen LogP contribution in [0.4, 0.5) is 0 Å². The Morgan fingerprint density at radius 1 is 1.25 bits per heavy atom.